The van der Waals surface area contributed by atoms with Gasteiger partial charge in [-0.2, -0.15) is 0 Å². The first-order valence-electron chi connectivity index (χ1n) is 4.16. The van der Waals surface area contributed by atoms with Gasteiger partial charge in [-0.1, -0.05) is 6.07 Å². The Labute approximate surface area is 94.0 Å². The molecule has 1 aromatic carbocycles. The molecule has 1 rings (SSSR count). The molecule has 0 aliphatic carbocycles. The third-order valence-electron chi connectivity index (χ3n) is 2.24. The summed E-state index contributed by atoms with van der Waals surface area (Å²) >= 11 is 2.73. The van der Waals surface area contributed by atoms with Crippen LogP contribution < -0.4 is 0 Å². The standard InChI is InChI=1S/C10H9BrF2O2/c1-10(2,9(14)15)5-3-4-6(12)7(11)8(5)13/h3-4H,1-2H3,(H,14,15). The molecule has 82 valence electrons. The molecule has 1 aromatic rings. The summed E-state index contributed by atoms with van der Waals surface area (Å²) in [5.41, 5.74) is -1.44. The van der Waals surface area contributed by atoms with Crippen LogP contribution in [0.4, 0.5) is 8.78 Å². The molecule has 0 radical (unpaired) electrons. The quantitative estimate of drug-likeness (QED) is 0.845. The van der Waals surface area contributed by atoms with E-state index in [4.69, 9.17) is 5.11 Å². The van der Waals surface area contributed by atoms with Gasteiger partial charge in [0.1, 0.15) is 11.6 Å². The topological polar surface area (TPSA) is 37.3 Å². The number of hydrogen-bond donors (Lipinski definition) is 1. The molecule has 0 saturated carbocycles. The fraction of sp³-hybridized carbons (Fsp3) is 0.300. The molecule has 0 aliphatic rings. The molecule has 0 aliphatic heterocycles. The Morgan fingerprint density at radius 2 is 1.93 bits per heavy atom. The van der Waals surface area contributed by atoms with Crippen molar-refractivity contribution in [3.63, 3.8) is 0 Å². The van der Waals surface area contributed by atoms with Gasteiger partial charge in [-0.15, -0.1) is 0 Å². The van der Waals surface area contributed by atoms with Gasteiger partial charge in [0.15, 0.2) is 0 Å². The Hall–Kier alpha value is -0.970. The first-order chi connectivity index (χ1) is 6.78. The molecule has 0 atom stereocenters. The lowest BCUT2D eigenvalue weighted by atomic mass is 9.84. The second kappa shape index (κ2) is 3.89. The number of halogens is 3. The summed E-state index contributed by atoms with van der Waals surface area (Å²) < 4.78 is 26.1. The molecule has 15 heavy (non-hydrogen) atoms. The van der Waals surface area contributed by atoms with E-state index >= 15 is 0 Å². The van der Waals surface area contributed by atoms with Crippen molar-refractivity contribution in [2.45, 2.75) is 19.3 Å². The number of carboxylic acids is 1. The van der Waals surface area contributed by atoms with Crippen LogP contribution in [0.2, 0.25) is 0 Å². The molecule has 0 saturated heterocycles. The van der Waals surface area contributed by atoms with E-state index in [9.17, 15) is 13.6 Å². The van der Waals surface area contributed by atoms with Gasteiger partial charge in [-0.3, -0.25) is 4.79 Å². The Kier molecular flexibility index (Phi) is 3.13. The van der Waals surface area contributed by atoms with E-state index in [0.717, 1.165) is 12.1 Å². The van der Waals surface area contributed by atoms with Crippen LogP contribution in [0.25, 0.3) is 0 Å². The molecule has 0 amide bonds. The largest absolute Gasteiger partial charge is 0.481 e. The highest BCUT2D eigenvalue weighted by Crippen LogP contribution is 2.31. The monoisotopic (exact) mass is 278 g/mol. The molecule has 0 bridgehead atoms. The van der Waals surface area contributed by atoms with Crippen molar-refractivity contribution >= 4 is 21.9 Å². The summed E-state index contributed by atoms with van der Waals surface area (Å²) in [7, 11) is 0. The molecule has 5 heteroatoms. The molecular formula is C10H9BrF2O2. The third kappa shape index (κ3) is 2.02. The number of hydrogen-bond acceptors (Lipinski definition) is 1. The van der Waals surface area contributed by atoms with Crippen LogP contribution in [0.3, 0.4) is 0 Å². The van der Waals surface area contributed by atoms with Gasteiger partial charge < -0.3 is 5.11 Å². The van der Waals surface area contributed by atoms with E-state index < -0.39 is 23.0 Å². The van der Waals surface area contributed by atoms with E-state index in [2.05, 4.69) is 15.9 Å². The summed E-state index contributed by atoms with van der Waals surface area (Å²) in [6, 6.07) is 2.18. The number of carboxylic acid groups (broad SMARTS) is 1. The Morgan fingerprint density at radius 1 is 1.40 bits per heavy atom. The van der Waals surface area contributed by atoms with E-state index in [0.29, 0.717) is 0 Å². The molecule has 2 nitrogen and oxygen atoms in total. The van der Waals surface area contributed by atoms with Gasteiger partial charge in [0.05, 0.1) is 9.89 Å². The van der Waals surface area contributed by atoms with E-state index in [-0.39, 0.29) is 10.0 Å². The van der Waals surface area contributed by atoms with Gasteiger partial charge in [0.2, 0.25) is 0 Å². The minimum Gasteiger partial charge on any atom is -0.481 e. The van der Waals surface area contributed by atoms with Gasteiger partial charge in [0, 0.05) is 5.56 Å². The molecule has 0 spiro atoms. The van der Waals surface area contributed by atoms with Crippen molar-refractivity contribution in [3.05, 3.63) is 33.8 Å². The predicted molar refractivity (Wildman–Crippen MR) is 54.7 cm³/mol. The average molecular weight is 279 g/mol. The van der Waals surface area contributed by atoms with Crippen LogP contribution in [0, 0.1) is 11.6 Å². The summed E-state index contributed by atoms with van der Waals surface area (Å²) in [6.45, 7) is 2.72. The first-order valence-corrected chi connectivity index (χ1v) is 4.95. The summed E-state index contributed by atoms with van der Waals surface area (Å²) in [5, 5.41) is 8.90. The third-order valence-corrected chi connectivity index (χ3v) is 2.97. The van der Waals surface area contributed by atoms with Gasteiger partial charge >= 0.3 is 5.97 Å². The van der Waals surface area contributed by atoms with Gasteiger partial charge in [-0.25, -0.2) is 8.78 Å². The lowest BCUT2D eigenvalue weighted by molar-refractivity contribution is -0.142. The molecule has 0 aromatic heterocycles. The SMILES string of the molecule is CC(C)(C(=O)O)c1ccc(F)c(Br)c1F. The number of aliphatic carboxylic acids is 1. The van der Waals surface area contributed by atoms with Crippen molar-refractivity contribution in [1.82, 2.24) is 0 Å². The average Bonchev–Trinajstić information content (AvgIpc) is 2.13. The van der Waals surface area contributed by atoms with Crippen LogP contribution in [-0.2, 0) is 10.2 Å². The highest BCUT2D eigenvalue weighted by atomic mass is 79.9. The van der Waals surface area contributed by atoms with Crippen LogP contribution >= 0.6 is 15.9 Å². The maximum atomic E-state index is 13.6. The second-order valence-corrected chi connectivity index (χ2v) is 4.45. The van der Waals surface area contributed by atoms with E-state index in [1.54, 1.807) is 0 Å². The van der Waals surface area contributed by atoms with Gasteiger partial charge in [-0.05, 0) is 35.8 Å². The summed E-state index contributed by atoms with van der Waals surface area (Å²) in [6.07, 6.45) is 0. The predicted octanol–water partition coefficient (Wildman–Crippen LogP) is 3.09. The van der Waals surface area contributed by atoms with Crippen LogP contribution in [0.15, 0.2) is 16.6 Å². The highest BCUT2D eigenvalue weighted by molar-refractivity contribution is 9.10. The van der Waals surface area contributed by atoms with Crippen molar-refractivity contribution in [3.8, 4) is 0 Å². The highest BCUT2D eigenvalue weighted by Gasteiger charge is 2.33. The zero-order valence-corrected chi connectivity index (χ0v) is 9.73. The fourth-order valence-electron chi connectivity index (χ4n) is 1.12. The number of benzene rings is 1. The Bertz CT molecular complexity index is 416. The fourth-order valence-corrected chi connectivity index (χ4v) is 1.47. The smallest absolute Gasteiger partial charge is 0.313 e. The minimum atomic E-state index is -1.39. The van der Waals surface area contributed by atoms with Crippen LogP contribution in [0.5, 0.6) is 0 Å². The molecular weight excluding hydrogens is 270 g/mol. The lowest BCUT2D eigenvalue weighted by Crippen LogP contribution is -2.29. The van der Waals surface area contributed by atoms with Crippen molar-refractivity contribution in [1.29, 1.82) is 0 Å². The summed E-state index contributed by atoms with van der Waals surface area (Å²) in [5.74, 6) is -2.79. The molecule has 0 heterocycles. The van der Waals surface area contributed by atoms with E-state index in [1.165, 1.54) is 13.8 Å². The molecule has 0 unspecified atom stereocenters. The van der Waals surface area contributed by atoms with Crippen molar-refractivity contribution < 1.29 is 18.7 Å². The number of carbonyl (C=O) groups is 1. The zero-order valence-electron chi connectivity index (χ0n) is 8.14. The maximum Gasteiger partial charge on any atom is 0.313 e. The Balaban J connectivity index is 3.40. The maximum absolute atomic E-state index is 13.6. The van der Waals surface area contributed by atoms with Crippen molar-refractivity contribution in [2.75, 3.05) is 0 Å². The normalized spacial score (nSPS) is 11.5. The summed E-state index contributed by atoms with van der Waals surface area (Å²) in [4.78, 5) is 10.9. The van der Waals surface area contributed by atoms with Crippen molar-refractivity contribution in [2.24, 2.45) is 0 Å². The lowest BCUT2D eigenvalue weighted by Gasteiger charge is -2.20. The number of rotatable bonds is 2. The Morgan fingerprint density at radius 3 is 2.40 bits per heavy atom. The first kappa shape index (κ1) is 12.1. The zero-order chi connectivity index (χ0) is 11.8. The second-order valence-electron chi connectivity index (χ2n) is 3.65. The van der Waals surface area contributed by atoms with Crippen LogP contribution in [-0.4, -0.2) is 11.1 Å². The molecule has 1 N–H and O–H groups in total. The minimum absolute atomic E-state index is 0.0525. The van der Waals surface area contributed by atoms with Crippen LogP contribution in [0.1, 0.15) is 19.4 Å². The van der Waals surface area contributed by atoms with E-state index in [1.807, 2.05) is 0 Å². The van der Waals surface area contributed by atoms with Gasteiger partial charge in [0.25, 0.3) is 0 Å². The molecule has 0 fully saturated rings.